The molecule has 0 N–H and O–H groups in total. The van der Waals surface area contributed by atoms with Crippen LogP contribution in [0.1, 0.15) is 25.6 Å². The van der Waals surface area contributed by atoms with Crippen molar-refractivity contribution in [3.8, 4) is 5.82 Å². The first-order valence-corrected chi connectivity index (χ1v) is 10.2. The fourth-order valence-corrected chi connectivity index (χ4v) is 3.90. The number of aryl methyl sites for hydroxylation is 1. The van der Waals surface area contributed by atoms with Crippen LogP contribution < -0.4 is 4.90 Å². The average Bonchev–Trinajstić information content (AvgIpc) is 3.23. The Labute approximate surface area is 166 Å². The van der Waals surface area contributed by atoms with Gasteiger partial charge in [-0.1, -0.05) is 6.92 Å². The molecule has 0 radical (unpaired) electrons. The minimum Gasteiger partial charge on any atom is -0.354 e. The molecule has 1 amide bonds. The van der Waals surface area contributed by atoms with Crippen molar-refractivity contribution in [1.82, 2.24) is 29.5 Å². The van der Waals surface area contributed by atoms with Gasteiger partial charge in [0.25, 0.3) is 0 Å². The molecule has 2 aliphatic rings. The minimum absolute atomic E-state index is 0.277. The Bertz CT molecular complexity index is 791. The fourth-order valence-electron chi connectivity index (χ4n) is 3.90. The van der Waals surface area contributed by atoms with Gasteiger partial charge in [-0.25, -0.2) is 14.6 Å². The van der Waals surface area contributed by atoms with Gasteiger partial charge >= 0.3 is 0 Å². The maximum absolute atomic E-state index is 12.6. The molecule has 0 bridgehead atoms. The molecule has 4 heterocycles. The van der Waals surface area contributed by atoms with Crippen molar-refractivity contribution in [2.24, 2.45) is 5.92 Å². The Morgan fingerprint density at radius 3 is 2.46 bits per heavy atom. The Morgan fingerprint density at radius 2 is 1.79 bits per heavy atom. The minimum atomic E-state index is 0.277. The molecule has 8 nitrogen and oxygen atoms in total. The lowest BCUT2D eigenvalue weighted by atomic mass is 9.99. The number of likely N-dealkylation sites (tertiary alicyclic amines) is 1. The van der Waals surface area contributed by atoms with Crippen LogP contribution in [0, 0.1) is 12.8 Å². The van der Waals surface area contributed by atoms with Crippen molar-refractivity contribution in [2.75, 3.05) is 50.7 Å². The smallest absolute Gasteiger partial charge is 0.236 e. The third-order valence-electron chi connectivity index (χ3n) is 5.74. The molecule has 0 saturated carbocycles. The number of carbonyl (C=O) groups is 1. The monoisotopic (exact) mass is 383 g/mol. The lowest BCUT2D eigenvalue weighted by Gasteiger charge is -2.37. The van der Waals surface area contributed by atoms with Gasteiger partial charge in [0, 0.05) is 57.7 Å². The number of nitrogens with zero attached hydrogens (tertiary/aromatic N) is 7. The van der Waals surface area contributed by atoms with Crippen molar-refractivity contribution in [3.05, 3.63) is 30.4 Å². The number of amides is 1. The van der Waals surface area contributed by atoms with Crippen LogP contribution in [-0.2, 0) is 4.79 Å². The van der Waals surface area contributed by atoms with Gasteiger partial charge in [-0.3, -0.25) is 9.69 Å². The van der Waals surface area contributed by atoms with Crippen LogP contribution in [0.2, 0.25) is 0 Å². The van der Waals surface area contributed by atoms with Crippen molar-refractivity contribution < 1.29 is 4.79 Å². The summed E-state index contributed by atoms with van der Waals surface area (Å²) in [5.74, 6) is 3.47. The van der Waals surface area contributed by atoms with Crippen LogP contribution in [0.25, 0.3) is 5.82 Å². The topological polar surface area (TPSA) is 70.4 Å². The Morgan fingerprint density at radius 1 is 1.07 bits per heavy atom. The lowest BCUT2D eigenvalue weighted by Crippen LogP contribution is -2.51. The molecule has 0 aliphatic carbocycles. The number of aromatic nitrogens is 4. The van der Waals surface area contributed by atoms with E-state index in [1.54, 1.807) is 10.9 Å². The summed E-state index contributed by atoms with van der Waals surface area (Å²) in [6.07, 6.45) is 5.89. The highest BCUT2D eigenvalue weighted by molar-refractivity contribution is 5.78. The number of piperidine rings is 1. The van der Waals surface area contributed by atoms with Gasteiger partial charge in [0.2, 0.25) is 5.91 Å². The van der Waals surface area contributed by atoms with E-state index in [1.165, 1.54) is 0 Å². The molecule has 0 spiro atoms. The first-order valence-electron chi connectivity index (χ1n) is 10.2. The summed E-state index contributed by atoms with van der Waals surface area (Å²) in [6.45, 7) is 10.00. The standard InChI is InChI=1S/C20H29N7O/c1-16-4-8-26(9-5-16)20(28)15-24-10-12-25(13-11-24)18-14-19(23-17(2)22-18)27-7-3-6-21-27/h3,6-7,14,16H,4-5,8-13,15H2,1-2H3. The van der Waals surface area contributed by atoms with E-state index in [4.69, 9.17) is 0 Å². The summed E-state index contributed by atoms with van der Waals surface area (Å²) in [6, 6.07) is 3.87. The molecule has 28 heavy (non-hydrogen) atoms. The van der Waals surface area contributed by atoms with Gasteiger partial charge in [0.05, 0.1) is 6.54 Å². The van der Waals surface area contributed by atoms with Crippen molar-refractivity contribution >= 4 is 11.7 Å². The molecule has 2 aliphatic heterocycles. The van der Waals surface area contributed by atoms with Crippen LogP contribution in [0.3, 0.4) is 0 Å². The van der Waals surface area contributed by atoms with E-state index >= 15 is 0 Å². The molecule has 8 heteroatoms. The Hall–Kier alpha value is -2.48. The predicted molar refractivity (Wildman–Crippen MR) is 108 cm³/mol. The van der Waals surface area contributed by atoms with Gasteiger partial charge in [-0.15, -0.1) is 0 Å². The first-order chi connectivity index (χ1) is 13.6. The Kier molecular flexibility index (Phi) is 5.57. The zero-order valence-corrected chi connectivity index (χ0v) is 16.8. The van der Waals surface area contributed by atoms with Crippen molar-refractivity contribution in [1.29, 1.82) is 0 Å². The summed E-state index contributed by atoms with van der Waals surface area (Å²) >= 11 is 0. The summed E-state index contributed by atoms with van der Waals surface area (Å²) < 4.78 is 1.76. The van der Waals surface area contributed by atoms with Crippen LogP contribution in [-0.4, -0.2) is 81.3 Å². The highest BCUT2D eigenvalue weighted by Gasteiger charge is 2.25. The van der Waals surface area contributed by atoms with Gasteiger partial charge in [-0.05, 0) is 31.7 Å². The number of carbonyl (C=O) groups excluding carboxylic acids is 1. The van der Waals surface area contributed by atoms with E-state index in [0.717, 1.165) is 75.5 Å². The number of hydrogen-bond acceptors (Lipinski definition) is 6. The SMILES string of the molecule is Cc1nc(N2CCN(CC(=O)N3CCC(C)CC3)CC2)cc(-n2cccn2)n1. The molecule has 150 valence electrons. The molecule has 0 aromatic carbocycles. The van der Waals surface area contributed by atoms with Gasteiger partial charge < -0.3 is 9.80 Å². The van der Waals surface area contributed by atoms with Gasteiger partial charge in [-0.2, -0.15) is 5.10 Å². The second-order valence-corrected chi connectivity index (χ2v) is 7.91. The van der Waals surface area contributed by atoms with Crippen LogP contribution in [0.5, 0.6) is 0 Å². The molecular formula is C20H29N7O. The van der Waals surface area contributed by atoms with E-state index in [-0.39, 0.29) is 5.91 Å². The van der Waals surface area contributed by atoms with Crippen molar-refractivity contribution in [3.63, 3.8) is 0 Å². The zero-order valence-electron chi connectivity index (χ0n) is 16.8. The summed E-state index contributed by atoms with van der Waals surface area (Å²) in [5.41, 5.74) is 0. The third-order valence-corrected chi connectivity index (χ3v) is 5.74. The van der Waals surface area contributed by atoms with Crippen LogP contribution in [0.15, 0.2) is 24.5 Å². The van der Waals surface area contributed by atoms with Crippen LogP contribution in [0.4, 0.5) is 5.82 Å². The fraction of sp³-hybridized carbons (Fsp3) is 0.600. The van der Waals surface area contributed by atoms with E-state index in [2.05, 4.69) is 31.8 Å². The Balaban J connectivity index is 1.34. The maximum Gasteiger partial charge on any atom is 0.236 e. The average molecular weight is 384 g/mol. The predicted octanol–water partition coefficient (Wildman–Crippen LogP) is 1.35. The van der Waals surface area contributed by atoms with Crippen LogP contribution >= 0.6 is 0 Å². The van der Waals surface area contributed by atoms with E-state index in [0.29, 0.717) is 6.54 Å². The quantitative estimate of drug-likeness (QED) is 0.794. The van der Waals surface area contributed by atoms with E-state index < -0.39 is 0 Å². The summed E-state index contributed by atoms with van der Waals surface area (Å²) in [4.78, 5) is 28.3. The number of rotatable bonds is 4. The number of anilines is 1. The second kappa shape index (κ2) is 8.26. The maximum atomic E-state index is 12.6. The molecule has 2 fully saturated rings. The van der Waals surface area contributed by atoms with E-state index in [9.17, 15) is 4.79 Å². The molecule has 2 aromatic heterocycles. The lowest BCUT2D eigenvalue weighted by molar-refractivity contribution is -0.133. The van der Waals surface area contributed by atoms with Gasteiger partial charge in [0.1, 0.15) is 11.6 Å². The molecule has 0 unspecified atom stereocenters. The molecule has 4 rings (SSSR count). The molecular weight excluding hydrogens is 354 g/mol. The molecule has 2 aromatic rings. The molecule has 2 saturated heterocycles. The number of hydrogen-bond donors (Lipinski definition) is 0. The second-order valence-electron chi connectivity index (χ2n) is 7.91. The number of piperazine rings is 1. The highest BCUT2D eigenvalue weighted by atomic mass is 16.2. The molecule has 0 atom stereocenters. The van der Waals surface area contributed by atoms with Crippen molar-refractivity contribution in [2.45, 2.75) is 26.7 Å². The third kappa shape index (κ3) is 4.32. The largest absolute Gasteiger partial charge is 0.354 e. The highest BCUT2D eigenvalue weighted by Crippen LogP contribution is 2.18. The van der Waals surface area contributed by atoms with E-state index in [1.807, 2.05) is 30.2 Å². The summed E-state index contributed by atoms with van der Waals surface area (Å²) in [5, 5.41) is 4.27. The zero-order chi connectivity index (χ0) is 19.5. The van der Waals surface area contributed by atoms with Gasteiger partial charge in [0.15, 0.2) is 5.82 Å². The first kappa shape index (κ1) is 18.9. The summed E-state index contributed by atoms with van der Waals surface area (Å²) in [7, 11) is 0. The normalized spacial score (nSPS) is 19.2.